The molecule has 1 saturated carbocycles. The van der Waals surface area contributed by atoms with Gasteiger partial charge in [0.25, 0.3) is 6.47 Å². The first-order valence-corrected chi connectivity index (χ1v) is 12.2. The Morgan fingerprint density at radius 2 is 1.86 bits per heavy atom. The Labute approximate surface area is 204 Å². The molecule has 1 unspecified atom stereocenters. The fourth-order valence-corrected chi connectivity index (χ4v) is 5.17. The maximum atomic E-state index is 12.8. The lowest BCUT2D eigenvalue weighted by atomic mass is 9.85. The molecule has 184 valence electrons. The van der Waals surface area contributed by atoms with Crippen LogP contribution < -0.4 is 10.6 Å². The normalized spacial score (nSPS) is 20.9. The number of carbonyl (C=O) groups excluding carboxylic acids is 2. The number of pyridine rings is 1. The summed E-state index contributed by atoms with van der Waals surface area (Å²) >= 11 is 0. The van der Waals surface area contributed by atoms with Crippen molar-refractivity contribution in [3.05, 3.63) is 71.2 Å². The van der Waals surface area contributed by atoms with Gasteiger partial charge in [0, 0.05) is 24.4 Å². The number of hydrogen-bond donors (Lipinski definition) is 3. The van der Waals surface area contributed by atoms with Crippen LogP contribution in [0.15, 0.2) is 48.8 Å². The maximum Gasteiger partial charge on any atom is 0.290 e. The number of carboxylic acid groups (broad SMARTS) is 1. The first-order valence-electron chi connectivity index (χ1n) is 12.2. The van der Waals surface area contributed by atoms with Crippen molar-refractivity contribution >= 4 is 23.9 Å². The number of benzene rings is 1. The number of aromatic nitrogens is 2. The second-order valence-electron chi connectivity index (χ2n) is 9.37. The number of aryl methyl sites for hydroxylation is 2. The molecule has 0 aliphatic heterocycles. The number of carbonyl (C=O) groups is 3. The molecule has 1 atom stereocenters. The molecule has 0 spiro atoms. The van der Waals surface area contributed by atoms with Gasteiger partial charge in [-0.15, -0.1) is 0 Å². The van der Waals surface area contributed by atoms with Crippen LogP contribution in [0.2, 0.25) is 0 Å². The molecule has 1 aromatic carbocycles. The molecule has 5 rings (SSSR count). The fourth-order valence-electron chi connectivity index (χ4n) is 5.17. The van der Waals surface area contributed by atoms with Crippen molar-refractivity contribution in [2.45, 2.75) is 64.0 Å². The predicted molar refractivity (Wildman–Crippen MR) is 132 cm³/mol. The van der Waals surface area contributed by atoms with Crippen molar-refractivity contribution in [3.8, 4) is 0 Å². The number of imidazole rings is 1. The van der Waals surface area contributed by atoms with E-state index < -0.39 is 0 Å². The molecule has 3 aromatic rings. The summed E-state index contributed by atoms with van der Waals surface area (Å²) in [5.74, 6) is 0.216. The van der Waals surface area contributed by atoms with Crippen LogP contribution in [0.1, 0.15) is 60.4 Å². The smallest absolute Gasteiger partial charge is 0.290 e. The molecule has 0 radical (unpaired) electrons. The molecule has 2 amide bonds. The summed E-state index contributed by atoms with van der Waals surface area (Å²) in [6.07, 6.45) is 9.15. The molecule has 2 aromatic heterocycles. The van der Waals surface area contributed by atoms with E-state index in [1.165, 1.54) is 16.7 Å². The zero-order valence-corrected chi connectivity index (χ0v) is 19.9. The van der Waals surface area contributed by atoms with Gasteiger partial charge >= 0.3 is 0 Å². The third-order valence-corrected chi connectivity index (χ3v) is 7.00. The highest BCUT2D eigenvalue weighted by Crippen LogP contribution is 2.33. The topological polar surface area (TPSA) is 113 Å². The molecule has 8 heteroatoms. The van der Waals surface area contributed by atoms with Crippen molar-refractivity contribution in [3.63, 3.8) is 0 Å². The van der Waals surface area contributed by atoms with Gasteiger partial charge < -0.3 is 20.1 Å². The Kier molecular flexibility index (Phi) is 7.80. The number of rotatable bonds is 5. The van der Waals surface area contributed by atoms with Crippen molar-refractivity contribution in [1.29, 1.82) is 0 Å². The van der Waals surface area contributed by atoms with E-state index >= 15 is 0 Å². The number of nitrogens with zero attached hydrogens (tertiary/aromatic N) is 2. The number of fused-ring (bicyclic) bond motifs is 2. The Balaban J connectivity index is 0.000000917. The van der Waals surface area contributed by atoms with Gasteiger partial charge in [-0.3, -0.25) is 14.4 Å². The zero-order chi connectivity index (χ0) is 24.8. The maximum absolute atomic E-state index is 12.8. The summed E-state index contributed by atoms with van der Waals surface area (Å²) in [7, 11) is 0. The van der Waals surface area contributed by atoms with Gasteiger partial charge in [-0.1, -0.05) is 24.3 Å². The highest BCUT2D eigenvalue weighted by Gasteiger charge is 2.32. The van der Waals surface area contributed by atoms with Gasteiger partial charge in [0.05, 0.1) is 18.2 Å². The highest BCUT2D eigenvalue weighted by molar-refractivity contribution is 5.85. The summed E-state index contributed by atoms with van der Waals surface area (Å²) in [4.78, 5) is 38.5. The zero-order valence-electron chi connectivity index (χ0n) is 19.9. The molecule has 0 saturated heterocycles. The van der Waals surface area contributed by atoms with E-state index in [0.717, 1.165) is 49.9 Å². The summed E-state index contributed by atoms with van der Waals surface area (Å²) < 4.78 is 1.98. The van der Waals surface area contributed by atoms with E-state index in [1.54, 1.807) is 0 Å². The minimum atomic E-state index is -0.250. The third kappa shape index (κ3) is 5.88. The fraction of sp³-hybridized carbons (Fsp3) is 0.407. The Bertz CT molecular complexity index is 1200. The molecule has 8 nitrogen and oxygen atoms in total. The van der Waals surface area contributed by atoms with Crippen LogP contribution in [0, 0.1) is 12.8 Å². The van der Waals surface area contributed by atoms with E-state index in [4.69, 9.17) is 9.90 Å². The Morgan fingerprint density at radius 1 is 1.11 bits per heavy atom. The number of nitrogens with one attached hydrogen (secondary N) is 2. The van der Waals surface area contributed by atoms with Crippen molar-refractivity contribution in [2.75, 3.05) is 0 Å². The molecular formula is C27H32N4O4. The summed E-state index contributed by atoms with van der Waals surface area (Å²) in [6.45, 7) is 2.23. The molecule has 2 aliphatic rings. The van der Waals surface area contributed by atoms with Gasteiger partial charge in [-0.05, 0) is 74.3 Å². The van der Waals surface area contributed by atoms with Gasteiger partial charge in [-0.25, -0.2) is 4.98 Å². The van der Waals surface area contributed by atoms with Gasteiger partial charge in [-0.2, -0.15) is 0 Å². The van der Waals surface area contributed by atoms with Crippen LogP contribution in [0.25, 0.3) is 5.65 Å². The number of amides is 2. The quantitative estimate of drug-likeness (QED) is 0.489. The summed E-state index contributed by atoms with van der Waals surface area (Å²) in [5, 5.41) is 13.2. The lowest BCUT2D eigenvalue weighted by Gasteiger charge is -2.29. The summed E-state index contributed by atoms with van der Waals surface area (Å²) in [5.41, 5.74) is 5.41. The largest absolute Gasteiger partial charge is 0.483 e. The van der Waals surface area contributed by atoms with Crippen molar-refractivity contribution in [1.82, 2.24) is 20.0 Å². The second-order valence-corrected chi connectivity index (χ2v) is 9.37. The van der Waals surface area contributed by atoms with Gasteiger partial charge in [0.1, 0.15) is 5.65 Å². The first kappa shape index (κ1) is 24.4. The second kappa shape index (κ2) is 11.2. The van der Waals surface area contributed by atoms with Crippen LogP contribution in [-0.2, 0) is 27.3 Å². The molecule has 1 fully saturated rings. The molecule has 2 aliphatic carbocycles. The van der Waals surface area contributed by atoms with E-state index in [-0.39, 0.29) is 36.2 Å². The molecule has 3 N–H and O–H groups in total. The van der Waals surface area contributed by atoms with Crippen LogP contribution >= 0.6 is 0 Å². The third-order valence-electron chi connectivity index (χ3n) is 7.00. The SMILES string of the molecule is Cc1ccn2cc(CNC(=O)C3CCC(NC(=O)C4CCc5ccccc54)CC3)nc2c1.O=CO. The van der Waals surface area contributed by atoms with E-state index in [1.807, 2.05) is 48.0 Å². The van der Waals surface area contributed by atoms with Crippen LogP contribution in [0.4, 0.5) is 0 Å². The van der Waals surface area contributed by atoms with E-state index in [0.29, 0.717) is 6.54 Å². The van der Waals surface area contributed by atoms with Crippen LogP contribution in [-0.4, -0.2) is 38.8 Å². The monoisotopic (exact) mass is 476 g/mol. The van der Waals surface area contributed by atoms with Crippen molar-refractivity contribution < 1.29 is 19.5 Å². The lowest BCUT2D eigenvalue weighted by molar-refractivity contribution is -0.126. The lowest BCUT2D eigenvalue weighted by Crippen LogP contribution is -2.42. The van der Waals surface area contributed by atoms with Gasteiger partial charge in [0.2, 0.25) is 11.8 Å². The minimum absolute atomic E-state index is 0.00892. The Hall–Kier alpha value is -3.68. The van der Waals surface area contributed by atoms with Crippen LogP contribution in [0.3, 0.4) is 0 Å². The molecular weight excluding hydrogens is 444 g/mol. The highest BCUT2D eigenvalue weighted by atomic mass is 16.3. The minimum Gasteiger partial charge on any atom is -0.483 e. The molecule has 0 bridgehead atoms. The average molecular weight is 477 g/mol. The molecule has 2 heterocycles. The van der Waals surface area contributed by atoms with Crippen molar-refractivity contribution in [2.24, 2.45) is 5.92 Å². The standard InChI is InChI=1S/C26H30N4O2.CH2O2/c1-17-12-13-30-16-21(28-24(30)14-17)15-27-25(31)19-6-9-20(10-7-19)29-26(32)23-11-8-18-4-2-3-5-22(18)23;2-1-3/h2-5,12-14,16,19-20,23H,6-11,15H2,1H3,(H,27,31)(H,29,32);1H,(H,2,3). The van der Waals surface area contributed by atoms with E-state index in [9.17, 15) is 9.59 Å². The molecule has 35 heavy (non-hydrogen) atoms. The average Bonchev–Trinajstić information content (AvgIpc) is 3.47. The predicted octanol–water partition coefficient (Wildman–Crippen LogP) is 3.36. The van der Waals surface area contributed by atoms with Crippen LogP contribution in [0.5, 0.6) is 0 Å². The van der Waals surface area contributed by atoms with E-state index in [2.05, 4.69) is 27.8 Å². The Morgan fingerprint density at radius 3 is 2.63 bits per heavy atom. The number of hydrogen-bond acceptors (Lipinski definition) is 4. The first-order chi connectivity index (χ1) is 17.0. The summed E-state index contributed by atoms with van der Waals surface area (Å²) in [6, 6.07) is 12.5. The van der Waals surface area contributed by atoms with Gasteiger partial charge in [0.15, 0.2) is 0 Å².